The third kappa shape index (κ3) is 2.60. The van der Waals surface area contributed by atoms with Gasteiger partial charge in [-0.15, -0.1) is 0 Å². The Bertz CT molecular complexity index is 568. The maximum atomic E-state index is 5.98. The van der Waals surface area contributed by atoms with Crippen molar-refractivity contribution in [3.05, 3.63) is 53.9 Å². The molecule has 0 radical (unpaired) electrons. The fourth-order valence-electron chi connectivity index (χ4n) is 2.90. The van der Waals surface area contributed by atoms with Crippen LogP contribution >= 0.6 is 0 Å². The molecule has 0 fully saturated rings. The maximum absolute atomic E-state index is 5.98. The molecule has 0 saturated heterocycles. The number of aromatic nitrogens is 1. The first-order chi connectivity index (χ1) is 9.90. The first-order valence-electron chi connectivity index (χ1n) is 7.18. The lowest BCUT2D eigenvalue weighted by atomic mass is 9.91. The number of likely N-dealkylation sites (N-methyl/N-ethyl adjacent to an activating group) is 1. The second-order valence-corrected chi connectivity index (χ2v) is 5.14. The van der Waals surface area contributed by atoms with Crippen LogP contribution in [0.5, 0.6) is 0 Å². The Balaban J connectivity index is 2.08. The van der Waals surface area contributed by atoms with Crippen LogP contribution in [0.3, 0.4) is 0 Å². The SMILES string of the molecule is CNCC1OCCCc2c(-c3cccnc3)cccc21. The molecule has 0 bridgehead atoms. The van der Waals surface area contributed by atoms with Crippen LogP contribution in [0, 0.1) is 0 Å². The predicted molar refractivity (Wildman–Crippen MR) is 80.6 cm³/mol. The van der Waals surface area contributed by atoms with Crippen molar-refractivity contribution in [1.29, 1.82) is 0 Å². The molecule has 20 heavy (non-hydrogen) atoms. The van der Waals surface area contributed by atoms with Gasteiger partial charge < -0.3 is 10.1 Å². The molecule has 2 heterocycles. The molecular weight excluding hydrogens is 248 g/mol. The Morgan fingerprint density at radius 1 is 1.30 bits per heavy atom. The van der Waals surface area contributed by atoms with Crippen molar-refractivity contribution in [2.75, 3.05) is 20.2 Å². The molecule has 2 aromatic rings. The molecule has 1 N–H and O–H groups in total. The number of benzene rings is 1. The van der Waals surface area contributed by atoms with E-state index in [-0.39, 0.29) is 6.10 Å². The van der Waals surface area contributed by atoms with E-state index in [9.17, 15) is 0 Å². The number of hydrogen-bond donors (Lipinski definition) is 1. The fourth-order valence-corrected chi connectivity index (χ4v) is 2.90. The van der Waals surface area contributed by atoms with Gasteiger partial charge in [0.1, 0.15) is 0 Å². The quantitative estimate of drug-likeness (QED) is 0.929. The minimum atomic E-state index is 0.147. The van der Waals surface area contributed by atoms with Crippen molar-refractivity contribution in [3.63, 3.8) is 0 Å². The number of hydrogen-bond acceptors (Lipinski definition) is 3. The van der Waals surface area contributed by atoms with E-state index in [1.54, 1.807) is 0 Å². The lowest BCUT2D eigenvalue weighted by molar-refractivity contribution is 0.0579. The summed E-state index contributed by atoms with van der Waals surface area (Å²) in [6.45, 7) is 1.68. The Morgan fingerprint density at radius 2 is 2.25 bits per heavy atom. The van der Waals surface area contributed by atoms with Crippen LogP contribution in [0.2, 0.25) is 0 Å². The summed E-state index contributed by atoms with van der Waals surface area (Å²) in [6.07, 6.45) is 6.05. The fraction of sp³-hybridized carbons (Fsp3) is 0.353. The minimum absolute atomic E-state index is 0.147. The largest absolute Gasteiger partial charge is 0.372 e. The molecule has 3 heteroatoms. The summed E-state index contributed by atoms with van der Waals surface area (Å²) in [5.41, 5.74) is 5.22. The van der Waals surface area contributed by atoms with Gasteiger partial charge in [-0.3, -0.25) is 4.98 Å². The molecule has 1 aromatic carbocycles. The molecule has 1 aliphatic heterocycles. The zero-order valence-electron chi connectivity index (χ0n) is 11.8. The van der Waals surface area contributed by atoms with Crippen LogP contribution in [0.25, 0.3) is 11.1 Å². The molecular formula is C17H20N2O. The summed E-state index contributed by atoms with van der Waals surface area (Å²) in [7, 11) is 1.97. The van der Waals surface area contributed by atoms with Gasteiger partial charge in [0, 0.05) is 31.1 Å². The molecule has 3 nitrogen and oxygen atoms in total. The standard InChI is InChI=1S/C17H20N2O/c1-18-12-17-16-7-2-6-14(13-5-3-9-19-11-13)15(16)8-4-10-20-17/h2-3,5-7,9,11,17-18H,4,8,10,12H2,1H3. The average molecular weight is 268 g/mol. The zero-order valence-corrected chi connectivity index (χ0v) is 11.8. The maximum Gasteiger partial charge on any atom is 0.0951 e. The van der Waals surface area contributed by atoms with Crippen molar-refractivity contribution in [3.8, 4) is 11.1 Å². The van der Waals surface area contributed by atoms with Gasteiger partial charge in [-0.2, -0.15) is 0 Å². The van der Waals surface area contributed by atoms with Crippen LogP contribution in [-0.2, 0) is 11.2 Å². The molecule has 0 amide bonds. The number of nitrogens with one attached hydrogen (secondary N) is 1. The van der Waals surface area contributed by atoms with E-state index in [1.807, 2.05) is 25.5 Å². The molecule has 0 spiro atoms. The Kier molecular flexibility index (Phi) is 4.09. The van der Waals surface area contributed by atoms with E-state index >= 15 is 0 Å². The van der Waals surface area contributed by atoms with Gasteiger partial charge in [0.15, 0.2) is 0 Å². The molecule has 1 aromatic heterocycles. The highest BCUT2D eigenvalue weighted by molar-refractivity contribution is 5.68. The number of fused-ring (bicyclic) bond motifs is 1. The second-order valence-electron chi connectivity index (χ2n) is 5.14. The van der Waals surface area contributed by atoms with Gasteiger partial charge in [-0.1, -0.05) is 24.3 Å². The van der Waals surface area contributed by atoms with Crippen molar-refractivity contribution >= 4 is 0 Å². The molecule has 0 aliphatic carbocycles. The van der Waals surface area contributed by atoms with E-state index in [4.69, 9.17) is 4.74 Å². The first-order valence-corrected chi connectivity index (χ1v) is 7.18. The van der Waals surface area contributed by atoms with Crippen molar-refractivity contribution in [2.24, 2.45) is 0 Å². The van der Waals surface area contributed by atoms with Gasteiger partial charge >= 0.3 is 0 Å². The number of rotatable bonds is 3. The predicted octanol–water partition coefficient (Wildman–Crippen LogP) is 2.97. The average Bonchev–Trinajstić information content (AvgIpc) is 2.71. The number of nitrogens with zero attached hydrogens (tertiary/aromatic N) is 1. The lowest BCUT2D eigenvalue weighted by Crippen LogP contribution is -2.20. The highest BCUT2D eigenvalue weighted by atomic mass is 16.5. The van der Waals surface area contributed by atoms with Gasteiger partial charge in [0.2, 0.25) is 0 Å². The third-order valence-electron chi connectivity index (χ3n) is 3.81. The van der Waals surface area contributed by atoms with E-state index in [2.05, 4.69) is 34.6 Å². The van der Waals surface area contributed by atoms with Crippen molar-refractivity contribution < 1.29 is 4.74 Å². The van der Waals surface area contributed by atoms with Crippen LogP contribution in [-0.4, -0.2) is 25.2 Å². The van der Waals surface area contributed by atoms with E-state index in [0.29, 0.717) is 0 Å². The van der Waals surface area contributed by atoms with Crippen LogP contribution in [0.4, 0.5) is 0 Å². The van der Waals surface area contributed by atoms with Crippen molar-refractivity contribution in [2.45, 2.75) is 18.9 Å². The summed E-state index contributed by atoms with van der Waals surface area (Å²) in [4.78, 5) is 4.25. The molecule has 1 aliphatic rings. The van der Waals surface area contributed by atoms with Crippen LogP contribution < -0.4 is 5.32 Å². The summed E-state index contributed by atoms with van der Waals surface area (Å²) in [5, 5.41) is 3.23. The number of ether oxygens (including phenoxy) is 1. The normalized spacial score (nSPS) is 18.4. The summed E-state index contributed by atoms with van der Waals surface area (Å²) >= 11 is 0. The topological polar surface area (TPSA) is 34.1 Å². The highest BCUT2D eigenvalue weighted by Crippen LogP contribution is 2.33. The summed E-state index contributed by atoms with van der Waals surface area (Å²) < 4.78 is 5.98. The van der Waals surface area contributed by atoms with Gasteiger partial charge in [-0.25, -0.2) is 0 Å². The Morgan fingerprint density at radius 3 is 3.05 bits per heavy atom. The van der Waals surface area contributed by atoms with Gasteiger partial charge in [0.05, 0.1) is 6.10 Å². The van der Waals surface area contributed by atoms with E-state index < -0.39 is 0 Å². The molecule has 1 atom stereocenters. The molecule has 3 rings (SSSR count). The molecule has 104 valence electrons. The Labute approximate surface area is 120 Å². The van der Waals surface area contributed by atoms with Gasteiger partial charge in [-0.05, 0) is 42.6 Å². The zero-order chi connectivity index (χ0) is 13.8. The monoisotopic (exact) mass is 268 g/mol. The lowest BCUT2D eigenvalue weighted by Gasteiger charge is -2.19. The minimum Gasteiger partial charge on any atom is -0.372 e. The smallest absolute Gasteiger partial charge is 0.0951 e. The van der Waals surface area contributed by atoms with Gasteiger partial charge in [0.25, 0.3) is 0 Å². The summed E-state index contributed by atoms with van der Waals surface area (Å²) in [5.74, 6) is 0. The van der Waals surface area contributed by atoms with Crippen LogP contribution in [0.15, 0.2) is 42.7 Å². The van der Waals surface area contributed by atoms with E-state index in [1.165, 1.54) is 22.3 Å². The highest BCUT2D eigenvalue weighted by Gasteiger charge is 2.21. The first kappa shape index (κ1) is 13.3. The third-order valence-corrected chi connectivity index (χ3v) is 3.81. The van der Waals surface area contributed by atoms with Crippen molar-refractivity contribution in [1.82, 2.24) is 10.3 Å². The second kappa shape index (κ2) is 6.16. The molecule has 1 unspecified atom stereocenters. The Hall–Kier alpha value is -1.71. The van der Waals surface area contributed by atoms with E-state index in [0.717, 1.165) is 26.0 Å². The molecule has 0 saturated carbocycles. The number of pyridine rings is 1. The van der Waals surface area contributed by atoms with Crippen LogP contribution in [0.1, 0.15) is 23.7 Å². The summed E-state index contributed by atoms with van der Waals surface area (Å²) in [6, 6.07) is 10.6.